The third-order valence-electron chi connectivity index (χ3n) is 4.25. The Morgan fingerprint density at radius 1 is 1.11 bits per heavy atom. The number of rotatable bonds is 6. The van der Waals surface area contributed by atoms with Gasteiger partial charge < -0.3 is 9.30 Å². The molecule has 0 atom stereocenters. The lowest BCUT2D eigenvalue weighted by Crippen LogP contribution is -2.30. The molecule has 6 heteroatoms. The summed E-state index contributed by atoms with van der Waals surface area (Å²) in [5.74, 6) is 0.0788. The minimum Gasteiger partial charge on any atom is -0.496 e. The van der Waals surface area contributed by atoms with Crippen molar-refractivity contribution >= 4 is 12.1 Å². The molecule has 142 valence electrons. The Kier molecular flexibility index (Phi) is 6.01. The summed E-state index contributed by atoms with van der Waals surface area (Å²) in [6.45, 7) is 2.40. The van der Waals surface area contributed by atoms with E-state index in [2.05, 4.69) is 10.5 Å². The average molecular weight is 375 g/mol. The van der Waals surface area contributed by atoms with E-state index < -0.39 is 5.91 Å². The van der Waals surface area contributed by atoms with Gasteiger partial charge in [0.1, 0.15) is 11.3 Å². The van der Waals surface area contributed by atoms with E-state index in [1.165, 1.54) is 16.8 Å². The van der Waals surface area contributed by atoms with Crippen LogP contribution in [0.5, 0.6) is 5.75 Å². The van der Waals surface area contributed by atoms with Gasteiger partial charge in [-0.25, -0.2) is 5.43 Å². The fourth-order valence-electron chi connectivity index (χ4n) is 2.72. The molecule has 1 N–H and O–H groups in total. The maximum Gasteiger partial charge on any atom is 0.276 e. The van der Waals surface area contributed by atoms with Crippen LogP contribution in [0.2, 0.25) is 0 Å². The zero-order chi connectivity index (χ0) is 19.9. The summed E-state index contributed by atoms with van der Waals surface area (Å²) in [5, 5.41) is 3.94. The summed E-state index contributed by atoms with van der Waals surface area (Å²) in [6, 6.07) is 18.4. The van der Waals surface area contributed by atoms with Crippen molar-refractivity contribution in [2.75, 3.05) is 7.11 Å². The summed E-state index contributed by atoms with van der Waals surface area (Å²) < 4.78 is 6.73. The molecule has 0 aliphatic rings. The van der Waals surface area contributed by atoms with Crippen LogP contribution >= 0.6 is 0 Å². The number of hydrogen-bond donors (Lipinski definition) is 1. The molecule has 3 rings (SSSR count). The van der Waals surface area contributed by atoms with Crippen molar-refractivity contribution < 1.29 is 9.53 Å². The number of methoxy groups -OCH3 is 1. The predicted octanol–water partition coefficient (Wildman–Crippen LogP) is 2.98. The normalized spacial score (nSPS) is 10.8. The predicted molar refractivity (Wildman–Crippen MR) is 109 cm³/mol. The van der Waals surface area contributed by atoms with Gasteiger partial charge in [-0.1, -0.05) is 42.0 Å². The first-order chi connectivity index (χ1) is 13.6. The van der Waals surface area contributed by atoms with Crippen molar-refractivity contribution in [3.05, 3.63) is 99.5 Å². The number of hydrogen-bond acceptors (Lipinski definition) is 4. The number of aryl methyl sites for hydroxylation is 1. The number of aromatic nitrogens is 1. The second kappa shape index (κ2) is 8.81. The Bertz CT molecular complexity index is 1050. The van der Waals surface area contributed by atoms with Crippen molar-refractivity contribution in [1.82, 2.24) is 9.99 Å². The van der Waals surface area contributed by atoms with Crippen molar-refractivity contribution in [3.63, 3.8) is 0 Å². The highest BCUT2D eigenvalue weighted by Gasteiger charge is 2.11. The van der Waals surface area contributed by atoms with Crippen molar-refractivity contribution in [2.45, 2.75) is 13.5 Å². The Hall–Kier alpha value is -3.67. The monoisotopic (exact) mass is 375 g/mol. The van der Waals surface area contributed by atoms with Crippen LogP contribution in [-0.2, 0) is 6.54 Å². The smallest absolute Gasteiger partial charge is 0.276 e. The molecule has 0 fully saturated rings. The molecular formula is C22H21N3O3. The summed E-state index contributed by atoms with van der Waals surface area (Å²) >= 11 is 0. The average Bonchev–Trinajstić information content (AvgIpc) is 2.71. The minimum atomic E-state index is -0.561. The van der Waals surface area contributed by atoms with Gasteiger partial charge >= 0.3 is 0 Å². The van der Waals surface area contributed by atoms with E-state index in [9.17, 15) is 9.59 Å². The second-order valence-corrected chi connectivity index (χ2v) is 6.28. The van der Waals surface area contributed by atoms with Crippen LogP contribution in [-0.4, -0.2) is 23.8 Å². The van der Waals surface area contributed by atoms with E-state index in [1.54, 1.807) is 25.4 Å². The standard InChI is InChI=1S/C22H21N3O3/c1-16-9-11-17(12-10-16)15-25-13-5-7-19(22(25)27)21(26)24-23-14-18-6-3-4-8-20(18)28-2/h3-14H,15H2,1-2H3,(H,24,26)/b23-14-. The summed E-state index contributed by atoms with van der Waals surface area (Å²) in [5.41, 5.74) is 4.92. The minimum absolute atomic E-state index is 0.0341. The van der Waals surface area contributed by atoms with E-state index in [4.69, 9.17) is 4.74 Å². The van der Waals surface area contributed by atoms with Crippen LogP contribution in [0, 0.1) is 6.92 Å². The Morgan fingerprint density at radius 2 is 1.86 bits per heavy atom. The number of nitrogens with zero attached hydrogens (tertiary/aromatic N) is 2. The third kappa shape index (κ3) is 4.54. The van der Waals surface area contributed by atoms with Gasteiger partial charge in [0.05, 0.1) is 19.9 Å². The Balaban J connectivity index is 1.74. The molecule has 0 saturated carbocycles. The van der Waals surface area contributed by atoms with Gasteiger partial charge in [-0.2, -0.15) is 5.10 Å². The lowest BCUT2D eigenvalue weighted by molar-refractivity contribution is 0.0953. The third-order valence-corrected chi connectivity index (χ3v) is 4.25. The topological polar surface area (TPSA) is 72.7 Å². The lowest BCUT2D eigenvalue weighted by Gasteiger charge is -2.08. The summed E-state index contributed by atoms with van der Waals surface area (Å²) in [6.07, 6.45) is 3.14. The van der Waals surface area contributed by atoms with E-state index in [0.717, 1.165) is 16.7 Å². The van der Waals surface area contributed by atoms with Crippen molar-refractivity contribution in [2.24, 2.45) is 5.10 Å². The van der Waals surface area contributed by atoms with Gasteiger partial charge in [-0.15, -0.1) is 0 Å². The number of para-hydroxylation sites is 1. The lowest BCUT2D eigenvalue weighted by atomic mass is 10.1. The highest BCUT2D eigenvalue weighted by atomic mass is 16.5. The molecule has 1 amide bonds. The number of hydrazone groups is 1. The van der Waals surface area contributed by atoms with Crippen LogP contribution in [0.3, 0.4) is 0 Å². The molecular weight excluding hydrogens is 354 g/mol. The molecule has 0 spiro atoms. The maximum atomic E-state index is 12.6. The van der Waals surface area contributed by atoms with Crippen LogP contribution in [0.4, 0.5) is 0 Å². The molecule has 0 radical (unpaired) electrons. The van der Waals surface area contributed by atoms with Gasteiger partial charge in [0, 0.05) is 11.8 Å². The number of carbonyl (C=O) groups is 1. The fraction of sp³-hybridized carbons (Fsp3) is 0.136. The van der Waals surface area contributed by atoms with E-state index >= 15 is 0 Å². The maximum absolute atomic E-state index is 12.6. The molecule has 2 aromatic carbocycles. The second-order valence-electron chi connectivity index (χ2n) is 6.28. The highest BCUT2D eigenvalue weighted by Crippen LogP contribution is 2.14. The largest absolute Gasteiger partial charge is 0.496 e. The van der Waals surface area contributed by atoms with Crippen molar-refractivity contribution in [3.8, 4) is 5.75 Å². The Labute approximate surface area is 163 Å². The molecule has 0 bridgehead atoms. The molecule has 3 aromatic rings. The summed E-state index contributed by atoms with van der Waals surface area (Å²) in [4.78, 5) is 25.0. The van der Waals surface area contributed by atoms with E-state index in [1.807, 2.05) is 49.4 Å². The molecule has 28 heavy (non-hydrogen) atoms. The Morgan fingerprint density at radius 3 is 2.61 bits per heavy atom. The SMILES string of the molecule is COc1ccccc1/C=N\NC(=O)c1cccn(Cc2ccc(C)cc2)c1=O. The number of ether oxygens (including phenoxy) is 1. The number of carbonyl (C=O) groups excluding carboxylic acids is 1. The first-order valence-electron chi connectivity index (χ1n) is 8.80. The number of pyridine rings is 1. The fourth-order valence-corrected chi connectivity index (χ4v) is 2.72. The van der Waals surface area contributed by atoms with Crippen LogP contribution < -0.4 is 15.7 Å². The van der Waals surface area contributed by atoms with E-state index in [0.29, 0.717) is 12.3 Å². The molecule has 0 unspecified atom stereocenters. The van der Waals surface area contributed by atoms with Crippen molar-refractivity contribution in [1.29, 1.82) is 0 Å². The zero-order valence-electron chi connectivity index (χ0n) is 15.8. The summed E-state index contributed by atoms with van der Waals surface area (Å²) in [7, 11) is 1.56. The number of benzene rings is 2. The molecule has 1 aromatic heterocycles. The molecule has 1 heterocycles. The molecule has 0 saturated heterocycles. The number of nitrogens with one attached hydrogen (secondary N) is 1. The van der Waals surface area contributed by atoms with E-state index in [-0.39, 0.29) is 11.1 Å². The molecule has 0 aliphatic heterocycles. The highest BCUT2D eigenvalue weighted by molar-refractivity contribution is 5.94. The zero-order valence-corrected chi connectivity index (χ0v) is 15.8. The quantitative estimate of drug-likeness (QED) is 0.532. The van der Waals surface area contributed by atoms with Crippen LogP contribution in [0.1, 0.15) is 27.0 Å². The molecule has 0 aliphatic carbocycles. The van der Waals surface area contributed by atoms with Gasteiger partial charge in [0.2, 0.25) is 0 Å². The van der Waals surface area contributed by atoms with Gasteiger partial charge in [0.25, 0.3) is 11.5 Å². The first-order valence-corrected chi connectivity index (χ1v) is 8.80. The number of amides is 1. The van der Waals surface area contributed by atoms with Crippen LogP contribution in [0.15, 0.2) is 76.8 Å². The van der Waals surface area contributed by atoms with Crippen LogP contribution in [0.25, 0.3) is 0 Å². The molecule has 6 nitrogen and oxygen atoms in total. The first kappa shape index (κ1) is 19.1. The van der Waals surface area contributed by atoms with Gasteiger partial charge in [-0.05, 0) is 36.8 Å². The van der Waals surface area contributed by atoms with Gasteiger partial charge in [0.15, 0.2) is 0 Å². The van der Waals surface area contributed by atoms with Gasteiger partial charge in [-0.3, -0.25) is 9.59 Å².